The summed E-state index contributed by atoms with van der Waals surface area (Å²) in [7, 11) is 0. The predicted octanol–water partition coefficient (Wildman–Crippen LogP) is 3.01. The zero-order valence-electron chi connectivity index (χ0n) is 16.3. The Hall–Kier alpha value is -3.22. The molecule has 0 atom stereocenters. The highest BCUT2D eigenvalue weighted by Crippen LogP contribution is 2.32. The number of nitrogens with zero attached hydrogens (tertiary/aromatic N) is 4. The number of carbonyl (C=O) groups excluding carboxylic acids is 2. The molecule has 28 heavy (non-hydrogen) atoms. The summed E-state index contributed by atoms with van der Waals surface area (Å²) in [6.07, 6.45) is 3.26. The molecule has 0 fully saturated rings. The van der Waals surface area contributed by atoms with Gasteiger partial charge >= 0.3 is 0 Å². The number of fused-ring (bicyclic) bond motifs is 2. The number of aryl methyl sites for hydroxylation is 1. The van der Waals surface area contributed by atoms with Crippen LogP contribution in [0.15, 0.2) is 30.5 Å². The normalized spacial score (nSPS) is 13.8. The summed E-state index contributed by atoms with van der Waals surface area (Å²) in [5, 5.41) is 5.23. The molecular formula is C21H23N5O2. The fourth-order valence-corrected chi connectivity index (χ4v) is 3.87. The minimum Gasteiger partial charge on any atom is -0.366 e. The molecule has 0 spiro atoms. The fourth-order valence-electron chi connectivity index (χ4n) is 3.87. The van der Waals surface area contributed by atoms with E-state index < -0.39 is 5.91 Å². The van der Waals surface area contributed by atoms with Crippen LogP contribution >= 0.6 is 0 Å². The molecule has 1 aliphatic rings. The molecule has 0 saturated carbocycles. The molecule has 2 amide bonds. The van der Waals surface area contributed by atoms with Gasteiger partial charge in [0.05, 0.1) is 17.5 Å². The fraction of sp³-hybridized carbons (Fsp3) is 0.333. The first-order valence-electron chi connectivity index (χ1n) is 9.47. The number of hydrogen-bond donors (Lipinski definition) is 1. The van der Waals surface area contributed by atoms with Crippen LogP contribution < -0.4 is 10.6 Å². The van der Waals surface area contributed by atoms with Crippen molar-refractivity contribution in [3.63, 3.8) is 0 Å². The first kappa shape index (κ1) is 18.2. The number of carbonyl (C=O) groups is 2. The zero-order chi connectivity index (χ0) is 20.0. The van der Waals surface area contributed by atoms with Crippen LogP contribution in [-0.2, 0) is 6.42 Å². The predicted molar refractivity (Wildman–Crippen MR) is 108 cm³/mol. The van der Waals surface area contributed by atoms with Gasteiger partial charge < -0.3 is 10.6 Å². The van der Waals surface area contributed by atoms with E-state index in [9.17, 15) is 9.59 Å². The van der Waals surface area contributed by atoms with Gasteiger partial charge in [-0.1, -0.05) is 6.07 Å². The summed E-state index contributed by atoms with van der Waals surface area (Å²) in [6, 6.07) is 7.40. The summed E-state index contributed by atoms with van der Waals surface area (Å²) in [5.41, 5.74) is 9.59. The molecular weight excluding hydrogens is 354 g/mol. The lowest BCUT2D eigenvalue weighted by Gasteiger charge is -2.30. The quantitative estimate of drug-likeness (QED) is 0.759. The minimum absolute atomic E-state index is 0.119. The molecule has 3 aromatic rings. The van der Waals surface area contributed by atoms with Crippen molar-refractivity contribution < 1.29 is 9.59 Å². The SMILES string of the molecule is Cc1nc2c(cnn2C(C)C)cc1C(=O)N1CCCc2c(C(N)=O)cccc21. The molecule has 144 valence electrons. The lowest BCUT2D eigenvalue weighted by molar-refractivity contribution is 0.0976. The van der Waals surface area contributed by atoms with Crippen LogP contribution in [0.25, 0.3) is 11.0 Å². The number of pyridine rings is 1. The van der Waals surface area contributed by atoms with Crippen molar-refractivity contribution in [2.75, 3.05) is 11.4 Å². The van der Waals surface area contributed by atoms with Crippen molar-refractivity contribution in [1.82, 2.24) is 14.8 Å². The number of nitrogens with two attached hydrogens (primary N) is 1. The van der Waals surface area contributed by atoms with Crippen LogP contribution in [0.2, 0.25) is 0 Å². The van der Waals surface area contributed by atoms with Crippen LogP contribution in [0.5, 0.6) is 0 Å². The largest absolute Gasteiger partial charge is 0.366 e. The van der Waals surface area contributed by atoms with Gasteiger partial charge in [0.25, 0.3) is 5.91 Å². The molecule has 0 radical (unpaired) electrons. The molecule has 7 nitrogen and oxygen atoms in total. The van der Waals surface area contributed by atoms with Gasteiger partial charge in [0.15, 0.2) is 5.65 Å². The third-order valence-electron chi connectivity index (χ3n) is 5.24. The third kappa shape index (κ3) is 2.83. The number of amides is 2. The Kier molecular flexibility index (Phi) is 4.37. The van der Waals surface area contributed by atoms with Crippen LogP contribution in [0.3, 0.4) is 0 Å². The molecule has 7 heteroatoms. The lowest BCUT2D eigenvalue weighted by atomic mass is 9.95. The Morgan fingerprint density at radius 1 is 1.21 bits per heavy atom. The van der Waals surface area contributed by atoms with Crippen molar-refractivity contribution >= 4 is 28.5 Å². The highest BCUT2D eigenvalue weighted by molar-refractivity contribution is 6.09. The molecule has 0 aliphatic carbocycles. The van der Waals surface area contributed by atoms with Gasteiger partial charge in [-0.05, 0) is 57.4 Å². The molecule has 2 aromatic heterocycles. The summed E-state index contributed by atoms with van der Waals surface area (Å²) in [4.78, 5) is 31.6. The molecule has 1 aliphatic heterocycles. The second kappa shape index (κ2) is 6.74. The van der Waals surface area contributed by atoms with E-state index in [1.165, 1.54) is 0 Å². The summed E-state index contributed by atoms with van der Waals surface area (Å²) < 4.78 is 1.85. The average molecular weight is 377 g/mol. The number of rotatable bonds is 3. The standard InChI is InChI=1S/C21H23N5O2/c1-12(2)26-20-14(11-23-26)10-17(13(3)24-20)21(28)25-9-5-7-15-16(19(22)27)6-4-8-18(15)25/h4,6,8,10-12H,5,7,9H2,1-3H3,(H2,22,27). The van der Waals surface area contributed by atoms with E-state index in [2.05, 4.69) is 10.1 Å². The topological polar surface area (TPSA) is 94.1 Å². The van der Waals surface area contributed by atoms with Crippen molar-refractivity contribution in [2.45, 2.75) is 39.7 Å². The smallest absolute Gasteiger partial charge is 0.260 e. The Morgan fingerprint density at radius 3 is 2.71 bits per heavy atom. The third-order valence-corrected chi connectivity index (χ3v) is 5.24. The monoisotopic (exact) mass is 377 g/mol. The number of anilines is 1. The Balaban J connectivity index is 1.78. The second-order valence-electron chi connectivity index (χ2n) is 7.44. The molecule has 3 heterocycles. The second-order valence-corrected chi connectivity index (χ2v) is 7.44. The lowest BCUT2D eigenvalue weighted by Crippen LogP contribution is -2.36. The Morgan fingerprint density at radius 2 is 2.00 bits per heavy atom. The van der Waals surface area contributed by atoms with E-state index in [0.717, 1.165) is 35.1 Å². The van der Waals surface area contributed by atoms with Gasteiger partial charge in [-0.2, -0.15) is 5.10 Å². The number of primary amides is 1. The van der Waals surface area contributed by atoms with E-state index in [1.807, 2.05) is 37.6 Å². The number of benzene rings is 1. The van der Waals surface area contributed by atoms with E-state index in [4.69, 9.17) is 5.73 Å². The van der Waals surface area contributed by atoms with E-state index in [0.29, 0.717) is 23.4 Å². The highest BCUT2D eigenvalue weighted by Gasteiger charge is 2.28. The molecule has 0 saturated heterocycles. The maximum absolute atomic E-state index is 13.4. The van der Waals surface area contributed by atoms with Gasteiger partial charge in [-0.15, -0.1) is 0 Å². The van der Waals surface area contributed by atoms with Crippen molar-refractivity contribution in [3.05, 3.63) is 52.8 Å². The van der Waals surface area contributed by atoms with Gasteiger partial charge in [0, 0.05) is 29.2 Å². The summed E-state index contributed by atoms with van der Waals surface area (Å²) in [6.45, 7) is 6.53. The van der Waals surface area contributed by atoms with Gasteiger partial charge in [-0.3, -0.25) is 9.59 Å². The number of hydrogen-bond acceptors (Lipinski definition) is 4. The molecule has 0 unspecified atom stereocenters. The molecule has 1 aromatic carbocycles. The van der Waals surface area contributed by atoms with Gasteiger partial charge in [0.1, 0.15) is 0 Å². The van der Waals surface area contributed by atoms with Crippen LogP contribution in [0.4, 0.5) is 5.69 Å². The maximum atomic E-state index is 13.4. The maximum Gasteiger partial charge on any atom is 0.260 e. The van der Waals surface area contributed by atoms with Crippen molar-refractivity contribution in [2.24, 2.45) is 5.73 Å². The number of aromatic nitrogens is 3. The van der Waals surface area contributed by atoms with Crippen LogP contribution in [-0.4, -0.2) is 33.1 Å². The molecule has 4 rings (SSSR count). The van der Waals surface area contributed by atoms with Crippen LogP contribution in [0, 0.1) is 6.92 Å². The summed E-state index contributed by atoms with van der Waals surface area (Å²) in [5.74, 6) is -0.585. The first-order chi connectivity index (χ1) is 13.4. The Labute approximate surface area is 163 Å². The minimum atomic E-state index is -0.466. The molecule has 0 bridgehead atoms. The van der Waals surface area contributed by atoms with Crippen LogP contribution in [0.1, 0.15) is 58.3 Å². The highest BCUT2D eigenvalue weighted by atomic mass is 16.2. The van der Waals surface area contributed by atoms with Gasteiger partial charge in [-0.25, -0.2) is 9.67 Å². The zero-order valence-corrected chi connectivity index (χ0v) is 16.3. The summed E-state index contributed by atoms with van der Waals surface area (Å²) >= 11 is 0. The first-order valence-corrected chi connectivity index (χ1v) is 9.47. The molecule has 2 N–H and O–H groups in total. The van der Waals surface area contributed by atoms with E-state index in [1.54, 1.807) is 23.2 Å². The Bertz CT molecular complexity index is 1100. The van der Waals surface area contributed by atoms with Crippen molar-refractivity contribution in [3.8, 4) is 0 Å². The van der Waals surface area contributed by atoms with E-state index in [-0.39, 0.29) is 11.9 Å². The average Bonchev–Trinajstić information content (AvgIpc) is 3.08. The van der Waals surface area contributed by atoms with E-state index >= 15 is 0 Å². The van der Waals surface area contributed by atoms with Gasteiger partial charge in [0.2, 0.25) is 5.91 Å². The van der Waals surface area contributed by atoms with Crippen molar-refractivity contribution in [1.29, 1.82) is 0 Å².